The molecule has 0 aliphatic heterocycles. The summed E-state index contributed by atoms with van der Waals surface area (Å²) in [6, 6.07) is -0.457. The largest absolute Gasteiger partial charge is 0.481 e. The maximum atomic E-state index is 11.8. The Morgan fingerprint density at radius 2 is 1.79 bits per heavy atom. The van der Waals surface area contributed by atoms with Crippen LogP contribution in [0.25, 0.3) is 0 Å². The van der Waals surface area contributed by atoms with E-state index in [2.05, 4.69) is 5.32 Å². The SMILES string of the molecule is CC(CCCC(C)C(=O)O)NC(=O)N(C)C(C)CO. The third-order valence-corrected chi connectivity index (χ3v) is 3.31. The number of urea groups is 1. The minimum atomic E-state index is -0.784. The van der Waals surface area contributed by atoms with Crippen molar-refractivity contribution in [3.8, 4) is 0 Å². The maximum Gasteiger partial charge on any atom is 0.317 e. The van der Waals surface area contributed by atoms with Gasteiger partial charge in [-0.1, -0.05) is 13.3 Å². The molecule has 19 heavy (non-hydrogen) atoms. The molecule has 3 unspecified atom stereocenters. The predicted molar refractivity (Wildman–Crippen MR) is 73.0 cm³/mol. The predicted octanol–water partition coefficient (Wildman–Crippen LogP) is 1.29. The van der Waals surface area contributed by atoms with Gasteiger partial charge in [0.05, 0.1) is 18.6 Å². The van der Waals surface area contributed by atoms with E-state index in [0.717, 1.165) is 12.8 Å². The normalized spacial score (nSPS) is 15.4. The lowest BCUT2D eigenvalue weighted by atomic mass is 10.0. The zero-order valence-electron chi connectivity index (χ0n) is 12.2. The lowest BCUT2D eigenvalue weighted by molar-refractivity contribution is -0.141. The van der Waals surface area contributed by atoms with E-state index in [0.29, 0.717) is 6.42 Å². The molecule has 0 radical (unpaired) electrons. The zero-order chi connectivity index (χ0) is 15.0. The summed E-state index contributed by atoms with van der Waals surface area (Å²) in [4.78, 5) is 23.9. The summed E-state index contributed by atoms with van der Waals surface area (Å²) in [6.07, 6.45) is 2.11. The Kier molecular flexibility index (Phi) is 8.14. The zero-order valence-corrected chi connectivity index (χ0v) is 12.2. The molecule has 0 spiro atoms. The van der Waals surface area contributed by atoms with Crippen molar-refractivity contribution in [2.75, 3.05) is 13.7 Å². The van der Waals surface area contributed by atoms with Gasteiger partial charge in [0.2, 0.25) is 0 Å². The molecule has 2 amide bonds. The molecule has 0 aliphatic rings. The molecular formula is C13H26N2O4. The highest BCUT2D eigenvalue weighted by molar-refractivity contribution is 5.74. The Morgan fingerprint density at radius 3 is 2.26 bits per heavy atom. The Morgan fingerprint density at radius 1 is 1.21 bits per heavy atom. The van der Waals surface area contributed by atoms with Crippen molar-refractivity contribution in [3.63, 3.8) is 0 Å². The van der Waals surface area contributed by atoms with Crippen molar-refractivity contribution < 1.29 is 19.8 Å². The van der Waals surface area contributed by atoms with E-state index in [4.69, 9.17) is 10.2 Å². The first-order chi connectivity index (χ1) is 8.79. The van der Waals surface area contributed by atoms with Crippen molar-refractivity contribution in [1.82, 2.24) is 10.2 Å². The van der Waals surface area contributed by atoms with E-state index < -0.39 is 5.97 Å². The Bertz CT molecular complexity index is 296. The van der Waals surface area contributed by atoms with Gasteiger partial charge < -0.3 is 20.4 Å². The van der Waals surface area contributed by atoms with Gasteiger partial charge in [0.1, 0.15) is 0 Å². The quantitative estimate of drug-likeness (QED) is 0.622. The van der Waals surface area contributed by atoms with Crippen LogP contribution >= 0.6 is 0 Å². The van der Waals surface area contributed by atoms with Crippen LogP contribution in [0.5, 0.6) is 0 Å². The number of carbonyl (C=O) groups excluding carboxylic acids is 1. The molecule has 112 valence electrons. The molecule has 0 rings (SSSR count). The van der Waals surface area contributed by atoms with Gasteiger partial charge in [0.15, 0.2) is 0 Å². The Labute approximate surface area is 114 Å². The van der Waals surface area contributed by atoms with E-state index in [-0.39, 0.29) is 30.6 Å². The second-order valence-electron chi connectivity index (χ2n) is 5.16. The number of hydrogen-bond donors (Lipinski definition) is 3. The van der Waals surface area contributed by atoms with Gasteiger partial charge in [0, 0.05) is 13.1 Å². The fourth-order valence-corrected chi connectivity index (χ4v) is 1.56. The summed E-state index contributed by atoms with van der Waals surface area (Å²) in [5.74, 6) is -1.13. The van der Waals surface area contributed by atoms with Gasteiger partial charge in [-0.3, -0.25) is 4.79 Å². The minimum Gasteiger partial charge on any atom is -0.481 e. The van der Waals surface area contributed by atoms with Crippen LogP contribution in [0.2, 0.25) is 0 Å². The Balaban J connectivity index is 3.94. The lowest BCUT2D eigenvalue weighted by Gasteiger charge is -2.25. The molecule has 0 aromatic rings. The van der Waals surface area contributed by atoms with Crippen LogP contribution in [0, 0.1) is 5.92 Å². The van der Waals surface area contributed by atoms with Crippen molar-refractivity contribution in [1.29, 1.82) is 0 Å². The lowest BCUT2D eigenvalue weighted by Crippen LogP contribution is -2.46. The minimum absolute atomic E-state index is 0.0122. The Hall–Kier alpha value is -1.30. The number of amides is 2. The summed E-state index contributed by atoms with van der Waals surface area (Å²) < 4.78 is 0. The molecule has 6 heteroatoms. The first-order valence-electron chi connectivity index (χ1n) is 6.66. The van der Waals surface area contributed by atoms with Gasteiger partial charge in [-0.25, -0.2) is 4.79 Å². The van der Waals surface area contributed by atoms with Crippen molar-refractivity contribution in [2.24, 2.45) is 5.92 Å². The van der Waals surface area contributed by atoms with E-state index >= 15 is 0 Å². The molecule has 0 aromatic carbocycles. The van der Waals surface area contributed by atoms with Gasteiger partial charge in [-0.15, -0.1) is 0 Å². The van der Waals surface area contributed by atoms with Crippen LogP contribution in [0.4, 0.5) is 4.79 Å². The number of aliphatic carboxylic acids is 1. The third-order valence-electron chi connectivity index (χ3n) is 3.31. The number of likely N-dealkylation sites (N-methyl/N-ethyl adjacent to an activating group) is 1. The number of hydrogen-bond acceptors (Lipinski definition) is 3. The molecule has 0 fully saturated rings. The third kappa shape index (κ3) is 7.00. The second kappa shape index (κ2) is 8.74. The number of aliphatic hydroxyl groups excluding tert-OH is 1. The van der Waals surface area contributed by atoms with E-state index in [1.54, 1.807) is 20.9 Å². The van der Waals surface area contributed by atoms with Crippen LogP contribution in [-0.4, -0.2) is 52.9 Å². The van der Waals surface area contributed by atoms with Crippen LogP contribution in [0.1, 0.15) is 40.0 Å². The smallest absolute Gasteiger partial charge is 0.317 e. The fraction of sp³-hybridized carbons (Fsp3) is 0.846. The molecule has 0 heterocycles. The number of nitrogens with one attached hydrogen (secondary N) is 1. The van der Waals surface area contributed by atoms with Gasteiger partial charge >= 0.3 is 12.0 Å². The number of nitrogens with zero attached hydrogens (tertiary/aromatic N) is 1. The first-order valence-corrected chi connectivity index (χ1v) is 6.66. The summed E-state index contributed by atoms with van der Waals surface area (Å²) in [5, 5.41) is 20.5. The summed E-state index contributed by atoms with van der Waals surface area (Å²) in [6.45, 7) is 5.26. The van der Waals surface area contributed by atoms with Crippen LogP contribution < -0.4 is 5.32 Å². The highest BCUT2D eigenvalue weighted by atomic mass is 16.4. The molecule has 6 nitrogen and oxygen atoms in total. The number of carbonyl (C=O) groups is 2. The average Bonchev–Trinajstić information content (AvgIpc) is 2.36. The molecule has 0 saturated heterocycles. The number of aliphatic hydroxyl groups is 1. The van der Waals surface area contributed by atoms with Crippen molar-refractivity contribution in [2.45, 2.75) is 52.1 Å². The van der Waals surface area contributed by atoms with Crippen molar-refractivity contribution >= 4 is 12.0 Å². The van der Waals surface area contributed by atoms with Gasteiger partial charge in [-0.2, -0.15) is 0 Å². The number of rotatable bonds is 8. The monoisotopic (exact) mass is 274 g/mol. The molecule has 0 aromatic heterocycles. The highest BCUT2D eigenvalue weighted by Gasteiger charge is 2.17. The van der Waals surface area contributed by atoms with E-state index in [1.807, 2.05) is 6.92 Å². The molecule has 0 aliphatic carbocycles. The van der Waals surface area contributed by atoms with Crippen molar-refractivity contribution in [3.05, 3.63) is 0 Å². The fourth-order valence-electron chi connectivity index (χ4n) is 1.56. The van der Waals surface area contributed by atoms with Gasteiger partial charge in [0.25, 0.3) is 0 Å². The number of carboxylic acid groups (broad SMARTS) is 1. The van der Waals surface area contributed by atoms with Gasteiger partial charge in [-0.05, 0) is 26.7 Å². The molecule has 3 N–H and O–H groups in total. The average molecular weight is 274 g/mol. The van der Waals surface area contributed by atoms with Crippen LogP contribution in [0.3, 0.4) is 0 Å². The topological polar surface area (TPSA) is 89.9 Å². The standard InChI is InChI=1S/C13H26N2O4/c1-9(12(17)18)6-5-7-10(2)14-13(19)15(4)11(3)8-16/h9-11,16H,5-8H2,1-4H3,(H,14,19)(H,17,18). The van der Waals surface area contributed by atoms with E-state index in [1.165, 1.54) is 4.90 Å². The maximum absolute atomic E-state index is 11.8. The molecular weight excluding hydrogens is 248 g/mol. The van der Waals surface area contributed by atoms with Crippen LogP contribution in [-0.2, 0) is 4.79 Å². The summed E-state index contributed by atoms with van der Waals surface area (Å²) in [7, 11) is 1.63. The molecule has 0 saturated carbocycles. The second-order valence-corrected chi connectivity index (χ2v) is 5.16. The molecule has 3 atom stereocenters. The van der Waals surface area contributed by atoms with Crippen LogP contribution in [0.15, 0.2) is 0 Å². The highest BCUT2D eigenvalue weighted by Crippen LogP contribution is 2.10. The summed E-state index contributed by atoms with van der Waals surface area (Å²) >= 11 is 0. The summed E-state index contributed by atoms with van der Waals surface area (Å²) in [5.41, 5.74) is 0. The first kappa shape index (κ1) is 17.7. The molecule has 0 bridgehead atoms. The number of carboxylic acids is 1. The van der Waals surface area contributed by atoms with E-state index in [9.17, 15) is 9.59 Å².